The zero-order valence-electron chi connectivity index (χ0n) is 13.8. The van der Waals surface area contributed by atoms with Gasteiger partial charge in [0.2, 0.25) is 5.96 Å². The smallest absolute Gasteiger partial charge is 0.291 e. The van der Waals surface area contributed by atoms with E-state index in [1.54, 1.807) is 36.4 Å². The minimum atomic E-state index is -1.50. The lowest BCUT2D eigenvalue weighted by Gasteiger charge is -1.98. The Labute approximate surface area is 179 Å². The monoisotopic (exact) mass is 464 g/mol. The Balaban J connectivity index is 0.000000892. The van der Waals surface area contributed by atoms with Crippen LogP contribution in [-0.4, -0.2) is 28.7 Å². The highest BCUT2D eigenvalue weighted by Crippen LogP contribution is 2.22. The van der Waals surface area contributed by atoms with Crippen molar-refractivity contribution in [2.24, 2.45) is 21.0 Å². The van der Waals surface area contributed by atoms with E-state index >= 15 is 0 Å². The van der Waals surface area contributed by atoms with Gasteiger partial charge in [-0.1, -0.05) is 58.5 Å². The molecule has 28 heavy (non-hydrogen) atoms. The van der Waals surface area contributed by atoms with Crippen LogP contribution in [0.25, 0.3) is 0 Å². The van der Waals surface area contributed by atoms with Crippen molar-refractivity contribution in [3.05, 3.63) is 77.7 Å². The molecule has 0 aliphatic heterocycles. The molecule has 0 saturated carbocycles. The van der Waals surface area contributed by atoms with Gasteiger partial charge < -0.3 is 10.9 Å². The number of halogens is 4. The molecular weight excluding hydrogens is 454 g/mol. The second-order valence-electron chi connectivity index (χ2n) is 4.68. The third-order valence-electron chi connectivity index (χ3n) is 2.65. The fraction of sp³-hybridized carbons (Fsp3) is 0. The van der Waals surface area contributed by atoms with Gasteiger partial charge in [0.1, 0.15) is 0 Å². The second kappa shape index (κ2) is 12.0. The van der Waals surface area contributed by atoms with Gasteiger partial charge in [0.15, 0.2) is 0 Å². The van der Waals surface area contributed by atoms with Crippen LogP contribution in [0.1, 0.15) is 11.1 Å². The summed E-state index contributed by atoms with van der Waals surface area (Å²) in [5.41, 5.74) is 9.65. The molecule has 2 aromatic carbocycles. The zero-order chi connectivity index (χ0) is 21.1. The van der Waals surface area contributed by atoms with E-state index < -0.39 is 5.09 Å². The first-order valence-electron chi connectivity index (χ1n) is 7.08. The number of hydrogen-bond donors (Lipinski definition) is 3. The molecule has 0 aliphatic rings. The van der Waals surface area contributed by atoms with Gasteiger partial charge in [-0.2, -0.15) is 10.2 Å². The number of benzene rings is 2. The van der Waals surface area contributed by atoms with Gasteiger partial charge >= 0.3 is 0 Å². The fourth-order valence-corrected chi connectivity index (χ4v) is 2.15. The first-order chi connectivity index (χ1) is 13.2. The Morgan fingerprint density at radius 3 is 1.93 bits per heavy atom. The molecular formula is C15H12Cl4N6O3. The Morgan fingerprint density at radius 2 is 1.46 bits per heavy atom. The summed E-state index contributed by atoms with van der Waals surface area (Å²) in [4.78, 5) is 8.36. The molecule has 0 amide bonds. The summed E-state index contributed by atoms with van der Waals surface area (Å²) in [6.07, 6.45) is 3.01. The topological polar surface area (TPSA) is 138 Å². The van der Waals surface area contributed by atoms with E-state index in [1.165, 1.54) is 12.4 Å². The number of nitrogens with one attached hydrogen (secondary N) is 1. The molecule has 0 radical (unpaired) electrons. The summed E-state index contributed by atoms with van der Waals surface area (Å²) in [7, 11) is 0. The summed E-state index contributed by atoms with van der Waals surface area (Å²) in [6.45, 7) is 0. The lowest BCUT2D eigenvalue weighted by molar-refractivity contribution is -0.742. The average Bonchev–Trinajstić information content (AvgIpc) is 2.61. The summed E-state index contributed by atoms with van der Waals surface area (Å²) in [5, 5.41) is 26.9. The predicted octanol–water partition coefficient (Wildman–Crippen LogP) is 4.22. The number of guanidine groups is 1. The quantitative estimate of drug-likeness (QED) is 0.268. The maximum atomic E-state index is 8.36. The van der Waals surface area contributed by atoms with E-state index in [2.05, 4.69) is 20.7 Å². The van der Waals surface area contributed by atoms with Gasteiger partial charge in [0.05, 0.1) is 32.5 Å². The van der Waals surface area contributed by atoms with E-state index in [1.807, 2.05) is 0 Å². The standard InChI is InChI=1S/C15H11Cl4N5.HNO3/c16-11-3-1-9(5-13(11)18)7-21-23-15(20)24-22-8-10-2-4-12(17)14(19)6-10;2-1(3)4/h1-8H,(H3,20,23,24);(H,2,3,4). The van der Waals surface area contributed by atoms with Crippen molar-refractivity contribution in [1.29, 1.82) is 0 Å². The third-order valence-corrected chi connectivity index (χ3v) is 4.13. The largest absolute Gasteiger partial charge is 0.367 e. The Kier molecular flexibility index (Phi) is 10.0. The maximum Gasteiger partial charge on any atom is 0.291 e. The first-order valence-corrected chi connectivity index (χ1v) is 8.59. The summed E-state index contributed by atoms with van der Waals surface area (Å²) in [5.74, 6) is 0.0163. The minimum absolute atomic E-state index is 0.0163. The molecule has 0 aliphatic carbocycles. The van der Waals surface area contributed by atoms with Gasteiger partial charge in [-0.25, -0.2) is 5.43 Å². The Bertz CT molecular complexity index is 917. The molecule has 0 spiro atoms. The van der Waals surface area contributed by atoms with Gasteiger partial charge in [-0.15, -0.1) is 15.2 Å². The predicted molar refractivity (Wildman–Crippen MR) is 112 cm³/mol. The molecule has 9 nitrogen and oxygen atoms in total. The highest BCUT2D eigenvalue weighted by Gasteiger charge is 1.98. The van der Waals surface area contributed by atoms with Crippen molar-refractivity contribution < 1.29 is 10.3 Å². The van der Waals surface area contributed by atoms with Crippen molar-refractivity contribution in [3.8, 4) is 0 Å². The lowest BCUT2D eigenvalue weighted by Crippen LogP contribution is -2.26. The SMILES string of the molecule is NC(=NN=Cc1ccc(Cl)c(Cl)c1)NN=Cc1ccc(Cl)c(Cl)c1.O=[N+]([O-])O. The van der Waals surface area contributed by atoms with Gasteiger partial charge in [-0.05, 0) is 35.4 Å². The molecule has 4 N–H and O–H groups in total. The summed E-state index contributed by atoms with van der Waals surface area (Å²) < 4.78 is 0. The van der Waals surface area contributed by atoms with E-state index in [-0.39, 0.29) is 5.96 Å². The molecule has 13 heteroatoms. The lowest BCUT2D eigenvalue weighted by atomic mass is 10.2. The Hall–Kier alpha value is -2.59. The van der Waals surface area contributed by atoms with E-state index in [0.717, 1.165) is 11.1 Å². The molecule has 0 unspecified atom stereocenters. The molecule has 0 fully saturated rings. The van der Waals surface area contributed by atoms with Crippen LogP contribution in [-0.2, 0) is 0 Å². The van der Waals surface area contributed by atoms with Crippen molar-refractivity contribution in [3.63, 3.8) is 0 Å². The van der Waals surface area contributed by atoms with Crippen LogP contribution in [0.3, 0.4) is 0 Å². The number of nitrogens with two attached hydrogens (primary N) is 1. The van der Waals surface area contributed by atoms with Crippen LogP contribution >= 0.6 is 46.4 Å². The average molecular weight is 466 g/mol. The van der Waals surface area contributed by atoms with Crippen molar-refractivity contribution >= 4 is 64.8 Å². The van der Waals surface area contributed by atoms with Crippen molar-refractivity contribution in [1.82, 2.24) is 5.43 Å². The molecule has 0 bridgehead atoms. The van der Waals surface area contributed by atoms with Crippen LogP contribution in [0.15, 0.2) is 51.7 Å². The second-order valence-corrected chi connectivity index (χ2v) is 6.31. The molecule has 148 valence electrons. The van der Waals surface area contributed by atoms with Gasteiger partial charge in [-0.3, -0.25) is 0 Å². The molecule has 0 heterocycles. The molecule has 0 atom stereocenters. The van der Waals surface area contributed by atoms with Crippen molar-refractivity contribution in [2.45, 2.75) is 0 Å². The molecule has 0 saturated heterocycles. The van der Waals surface area contributed by atoms with Gasteiger partial charge in [0, 0.05) is 0 Å². The molecule has 2 aromatic rings. The number of rotatable bonds is 4. The fourth-order valence-electron chi connectivity index (χ4n) is 1.54. The Morgan fingerprint density at radius 1 is 1.00 bits per heavy atom. The van der Waals surface area contributed by atoms with E-state index in [4.69, 9.17) is 67.5 Å². The van der Waals surface area contributed by atoms with Crippen LogP contribution in [0, 0.1) is 10.1 Å². The van der Waals surface area contributed by atoms with E-state index in [9.17, 15) is 0 Å². The molecule has 0 aromatic heterocycles. The van der Waals surface area contributed by atoms with Crippen LogP contribution in [0.4, 0.5) is 0 Å². The highest BCUT2D eigenvalue weighted by molar-refractivity contribution is 6.42. The maximum absolute atomic E-state index is 8.36. The van der Waals surface area contributed by atoms with Crippen LogP contribution in [0.2, 0.25) is 20.1 Å². The first kappa shape index (κ1) is 23.4. The molecule has 2 rings (SSSR count). The van der Waals surface area contributed by atoms with Crippen molar-refractivity contribution in [2.75, 3.05) is 0 Å². The normalized spacial score (nSPS) is 11.4. The minimum Gasteiger partial charge on any atom is -0.367 e. The van der Waals surface area contributed by atoms with Crippen LogP contribution in [0.5, 0.6) is 0 Å². The summed E-state index contributed by atoms with van der Waals surface area (Å²) in [6, 6.07) is 10.2. The zero-order valence-corrected chi connectivity index (χ0v) is 16.8. The van der Waals surface area contributed by atoms with Crippen LogP contribution < -0.4 is 11.2 Å². The number of hydrazone groups is 1. The van der Waals surface area contributed by atoms with E-state index in [0.29, 0.717) is 20.1 Å². The van der Waals surface area contributed by atoms with Gasteiger partial charge in [0.25, 0.3) is 5.09 Å². The highest BCUT2D eigenvalue weighted by atomic mass is 35.5. The summed E-state index contributed by atoms with van der Waals surface area (Å²) >= 11 is 23.5. The third kappa shape index (κ3) is 9.38. The number of hydrogen-bond acceptors (Lipinski definition) is 5. The number of nitrogens with zero attached hydrogens (tertiary/aromatic N) is 4.